The molecule has 0 aliphatic heterocycles. The highest BCUT2D eigenvalue weighted by Crippen LogP contribution is 2.36. The molecule has 110 valence electrons. The van der Waals surface area contributed by atoms with Crippen LogP contribution in [0.1, 0.15) is 16.1 Å². The molecule has 0 aliphatic rings. The Morgan fingerprint density at radius 3 is 2.43 bits per heavy atom. The number of nitrogen functional groups attached to an aromatic ring is 1. The molecule has 0 unspecified atom stereocenters. The fourth-order valence-electron chi connectivity index (χ4n) is 1.54. The van der Waals surface area contributed by atoms with Crippen molar-refractivity contribution in [1.82, 2.24) is 10.4 Å². The highest BCUT2D eigenvalue weighted by atomic mass is 79.9. The fourth-order valence-corrected chi connectivity index (χ4v) is 4.03. The molecule has 21 heavy (non-hydrogen) atoms. The molecule has 8 heteroatoms. The van der Waals surface area contributed by atoms with Crippen molar-refractivity contribution in [2.24, 2.45) is 5.84 Å². The van der Waals surface area contributed by atoms with Crippen LogP contribution in [0.2, 0.25) is 0 Å². The number of rotatable bonds is 4. The second-order valence-corrected chi connectivity index (χ2v) is 6.62. The molecule has 1 heterocycles. The first-order chi connectivity index (χ1) is 10.0. The predicted molar refractivity (Wildman–Crippen MR) is 89.8 cm³/mol. The number of nitrogens with one attached hydrogen (secondary N) is 1. The van der Waals surface area contributed by atoms with Crippen molar-refractivity contribution in [3.63, 3.8) is 0 Å². The summed E-state index contributed by atoms with van der Waals surface area (Å²) < 4.78 is 8.31. The molecular weight excluding hydrogens is 470 g/mol. The molecule has 0 fully saturated rings. The topological polar surface area (TPSA) is 77.2 Å². The number of hydrogen-bond donors (Lipinski definition) is 2. The van der Waals surface area contributed by atoms with Gasteiger partial charge in [0.2, 0.25) is 0 Å². The van der Waals surface area contributed by atoms with E-state index in [0.29, 0.717) is 17.0 Å². The molecule has 5 nitrogen and oxygen atoms in total. The van der Waals surface area contributed by atoms with Gasteiger partial charge in [-0.25, -0.2) is 5.84 Å². The SMILES string of the molecule is NNC(=O)c1ccc(COc2c(Br)cc(Br)cc2Br)nc1. The maximum Gasteiger partial charge on any atom is 0.266 e. The lowest BCUT2D eigenvalue weighted by Crippen LogP contribution is -2.30. The number of carbonyl (C=O) groups excluding carboxylic acids is 1. The number of nitrogens with zero attached hydrogens (tertiary/aromatic N) is 1. The molecule has 1 aromatic heterocycles. The van der Waals surface area contributed by atoms with Gasteiger partial charge in [0, 0.05) is 10.7 Å². The third-order valence-electron chi connectivity index (χ3n) is 2.55. The maximum absolute atomic E-state index is 11.3. The number of aromatic nitrogens is 1. The van der Waals surface area contributed by atoms with Crippen molar-refractivity contribution in [1.29, 1.82) is 0 Å². The molecule has 0 bridgehead atoms. The molecule has 0 saturated carbocycles. The minimum atomic E-state index is -0.381. The summed E-state index contributed by atoms with van der Waals surface area (Å²) in [6, 6.07) is 7.13. The number of hydrazine groups is 1. The second-order valence-electron chi connectivity index (χ2n) is 4.00. The van der Waals surface area contributed by atoms with Gasteiger partial charge >= 0.3 is 0 Å². The monoisotopic (exact) mass is 477 g/mol. The number of nitrogens with two attached hydrogens (primary N) is 1. The number of benzene rings is 1. The Kier molecular flexibility index (Phi) is 5.74. The first-order valence-corrected chi connectivity index (χ1v) is 8.12. The molecule has 1 aromatic carbocycles. The Morgan fingerprint density at radius 2 is 1.90 bits per heavy atom. The van der Waals surface area contributed by atoms with Gasteiger partial charge in [-0.05, 0) is 56.1 Å². The van der Waals surface area contributed by atoms with Crippen molar-refractivity contribution in [2.75, 3.05) is 0 Å². The van der Waals surface area contributed by atoms with Crippen molar-refractivity contribution in [2.45, 2.75) is 6.61 Å². The number of halogens is 3. The molecule has 3 N–H and O–H groups in total. The standard InChI is InChI=1S/C13H10Br3N3O2/c14-8-3-10(15)12(11(16)4-8)21-6-9-2-1-7(5-18-9)13(20)19-17/h1-5H,6,17H2,(H,19,20). The molecule has 2 aromatic rings. The Hall–Kier alpha value is -0.960. The number of carbonyl (C=O) groups is 1. The summed E-state index contributed by atoms with van der Waals surface area (Å²) in [6.45, 7) is 0.281. The summed E-state index contributed by atoms with van der Waals surface area (Å²) in [6.07, 6.45) is 1.45. The Balaban J connectivity index is 2.08. The smallest absolute Gasteiger partial charge is 0.266 e. The molecule has 0 spiro atoms. The number of ether oxygens (including phenoxy) is 1. The van der Waals surface area contributed by atoms with Gasteiger partial charge in [-0.3, -0.25) is 15.2 Å². The Bertz CT molecular complexity index is 639. The molecular formula is C13H10Br3N3O2. The zero-order valence-corrected chi connectivity index (χ0v) is 15.3. The maximum atomic E-state index is 11.3. The van der Waals surface area contributed by atoms with E-state index in [9.17, 15) is 4.79 Å². The van der Waals surface area contributed by atoms with Crippen LogP contribution in [0, 0.1) is 0 Å². The van der Waals surface area contributed by atoms with Crippen molar-refractivity contribution < 1.29 is 9.53 Å². The van der Waals surface area contributed by atoms with Gasteiger partial charge < -0.3 is 4.74 Å². The van der Waals surface area contributed by atoms with Crippen molar-refractivity contribution in [3.05, 3.63) is 55.1 Å². The van der Waals surface area contributed by atoms with Crippen LogP contribution in [0.5, 0.6) is 5.75 Å². The lowest BCUT2D eigenvalue weighted by Gasteiger charge is -2.10. The lowest BCUT2D eigenvalue weighted by molar-refractivity contribution is 0.0953. The minimum Gasteiger partial charge on any atom is -0.485 e. The number of hydrogen-bond acceptors (Lipinski definition) is 4. The van der Waals surface area contributed by atoms with Crippen LogP contribution in [0.25, 0.3) is 0 Å². The van der Waals surface area contributed by atoms with E-state index in [-0.39, 0.29) is 12.5 Å². The summed E-state index contributed by atoms with van der Waals surface area (Å²) in [5, 5.41) is 0. The third-order valence-corrected chi connectivity index (χ3v) is 4.18. The summed E-state index contributed by atoms with van der Waals surface area (Å²) in [4.78, 5) is 15.5. The Morgan fingerprint density at radius 1 is 1.24 bits per heavy atom. The highest BCUT2D eigenvalue weighted by Gasteiger charge is 2.09. The van der Waals surface area contributed by atoms with E-state index in [1.807, 2.05) is 12.1 Å². The highest BCUT2D eigenvalue weighted by molar-refractivity contribution is 9.11. The first kappa shape index (κ1) is 16.4. The lowest BCUT2D eigenvalue weighted by atomic mass is 10.2. The Labute approximate surface area is 146 Å². The molecule has 0 radical (unpaired) electrons. The van der Waals surface area contributed by atoms with Crippen LogP contribution in [-0.4, -0.2) is 10.9 Å². The zero-order valence-electron chi connectivity index (χ0n) is 10.6. The van der Waals surface area contributed by atoms with Gasteiger partial charge in [0.25, 0.3) is 5.91 Å². The summed E-state index contributed by atoms with van der Waals surface area (Å²) in [5.41, 5.74) is 3.15. The zero-order chi connectivity index (χ0) is 15.4. The van der Waals surface area contributed by atoms with E-state index in [0.717, 1.165) is 13.4 Å². The van der Waals surface area contributed by atoms with Gasteiger partial charge in [-0.1, -0.05) is 15.9 Å². The van der Waals surface area contributed by atoms with E-state index >= 15 is 0 Å². The number of amides is 1. The quantitative estimate of drug-likeness (QED) is 0.399. The molecule has 1 amide bonds. The van der Waals surface area contributed by atoms with Crippen LogP contribution in [0.15, 0.2) is 43.9 Å². The van der Waals surface area contributed by atoms with Gasteiger partial charge in [0.1, 0.15) is 12.4 Å². The fraction of sp³-hybridized carbons (Fsp3) is 0.0769. The number of pyridine rings is 1. The van der Waals surface area contributed by atoms with Crippen LogP contribution in [0.3, 0.4) is 0 Å². The van der Waals surface area contributed by atoms with E-state index in [1.165, 1.54) is 6.20 Å². The third kappa shape index (κ3) is 4.26. The molecule has 0 atom stereocenters. The average molecular weight is 480 g/mol. The summed E-state index contributed by atoms with van der Waals surface area (Å²) >= 11 is 10.3. The predicted octanol–water partition coefficient (Wildman–Crippen LogP) is 3.55. The van der Waals surface area contributed by atoms with E-state index in [4.69, 9.17) is 10.6 Å². The van der Waals surface area contributed by atoms with Crippen molar-refractivity contribution in [3.8, 4) is 5.75 Å². The first-order valence-electron chi connectivity index (χ1n) is 5.74. The summed E-state index contributed by atoms with van der Waals surface area (Å²) in [5.74, 6) is 5.36. The second kappa shape index (κ2) is 7.35. The average Bonchev–Trinajstić information content (AvgIpc) is 2.46. The van der Waals surface area contributed by atoms with Crippen LogP contribution < -0.4 is 16.0 Å². The van der Waals surface area contributed by atoms with E-state index < -0.39 is 0 Å². The largest absolute Gasteiger partial charge is 0.485 e. The van der Waals surface area contributed by atoms with Crippen molar-refractivity contribution >= 4 is 53.7 Å². The summed E-state index contributed by atoms with van der Waals surface area (Å²) in [7, 11) is 0. The van der Waals surface area contributed by atoms with Gasteiger partial charge in [-0.15, -0.1) is 0 Å². The molecule has 0 aliphatic carbocycles. The van der Waals surface area contributed by atoms with E-state index in [2.05, 4.69) is 58.2 Å². The van der Waals surface area contributed by atoms with Gasteiger partial charge in [0.05, 0.1) is 20.2 Å². The minimum absolute atomic E-state index is 0.281. The molecule has 0 saturated heterocycles. The van der Waals surface area contributed by atoms with Crippen LogP contribution in [0.4, 0.5) is 0 Å². The van der Waals surface area contributed by atoms with Gasteiger partial charge in [0.15, 0.2) is 0 Å². The van der Waals surface area contributed by atoms with Crippen LogP contribution >= 0.6 is 47.8 Å². The van der Waals surface area contributed by atoms with E-state index in [1.54, 1.807) is 12.1 Å². The van der Waals surface area contributed by atoms with Crippen LogP contribution in [-0.2, 0) is 6.61 Å². The normalized spacial score (nSPS) is 10.3. The van der Waals surface area contributed by atoms with Gasteiger partial charge in [-0.2, -0.15) is 0 Å². The molecule has 2 rings (SSSR count).